The van der Waals surface area contributed by atoms with Crippen LogP contribution in [0.25, 0.3) is 0 Å². The molecule has 0 saturated carbocycles. The van der Waals surface area contributed by atoms with Gasteiger partial charge >= 0.3 is 0 Å². The largest absolute Gasteiger partial charge is 0.512 e. The van der Waals surface area contributed by atoms with Gasteiger partial charge in [-0.25, -0.2) is 0 Å². The third kappa shape index (κ3) is 5.51. The summed E-state index contributed by atoms with van der Waals surface area (Å²) < 4.78 is 0. The SMILES string of the molecule is CC(=N)/C(CSCC(=O)N1C[C@@H](C)N(c2cccc(C)c2)[C@@H](C)C1)=C(/C)O. The lowest BCUT2D eigenvalue weighted by atomic mass is 10.1. The maximum atomic E-state index is 12.7. The number of anilines is 1. The molecule has 1 amide bonds. The lowest BCUT2D eigenvalue weighted by Gasteiger charge is -2.46. The number of amides is 1. The van der Waals surface area contributed by atoms with E-state index in [1.54, 1.807) is 13.8 Å². The number of aliphatic hydroxyl groups excluding tert-OH is 1. The molecule has 1 aliphatic heterocycles. The van der Waals surface area contributed by atoms with Gasteiger partial charge in [-0.3, -0.25) is 4.79 Å². The standard InChI is InChI=1S/C21H31N3O2S/c1-14-7-6-8-19(9-14)24-15(2)10-23(11-16(24)3)21(26)13-27-12-20(17(4)22)18(5)25/h6-9,15-16,22,25H,10-13H2,1-5H3/b20-18-,22-17?/t15-,16+. The first-order valence-corrected chi connectivity index (χ1v) is 10.5. The van der Waals surface area contributed by atoms with E-state index >= 15 is 0 Å². The van der Waals surface area contributed by atoms with Crippen LogP contribution in [0.5, 0.6) is 0 Å². The smallest absolute Gasteiger partial charge is 0.232 e. The molecule has 0 bridgehead atoms. The highest BCUT2D eigenvalue weighted by Crippen LogP contribution is 2.26. The number of rotatable bonds is 6. The first-order valence-electron chi connectivity index (χ1n) is 9.35. The quantitative estimate of drug-likeness (QED) is 0.569. The molecule has 2 N–H and O–H groups in total. The predicted molar refractivity (Wildman–Crippen MR) is 115 cm³/mol. The summed E-state index contributed by atoms with van der Waals surface area (Å²) in [7, 11) is 0. The van der Waals surface area contributed by atoms with E-state index in [1.165, 1.54) is 23.0 Å². The van der Waals surface area contributed by atoms with Crippen molar-refractivity contribution >= 4 is 29.1 Å². The van der Waals surface area contributed by atoms with Crippen LogP contribution in [-0.2, 0) is 4.79 Å². The fourth-order valence-electron chi connectivity index (χ4n) is 3.64. The van der Waals surface area contributed by atoms with Crippen molar-refractivity contribution in [3.8, 4) is 0 Å². The van der Waals surface area contributed by atoms with Crippen LogP contribution in [0.1, 0.15) is 33.3 Å². The summed E-state index contributed by atoms with van der Waals surface area (Å²) in [6, 6.07) is 9.02. The molecule has 0 unspecified atom stereocenters. The number of hydrogen-bond donors (Lipinski definition) is 2. The van der Waals surface area contributed by atoms with Crippen molar-refractivity contribution in [2.45, 2.75) is 46.7 Å². The van der Waals surface area contributed by atoms with E-state index in [-0.39, 0.29) is 23.8 Å². The Hall–Kier alpha value is -1.95. The molecular formula is C21H31N3O2S. The molecule has 0 spiro atoms. The van der Waals surface area contributed by atoms with Crippen LogP contribution in [0.4, 0.5) is 5.69 Å². The minimum atomic E-state index is 0.125. The van der Waals surface area contributed by atoms with Crippen LogP contribution >= 0.6 is 11.8 Å². The van der Waals surface area contributed by atoms with Crippen molar-refractivity contribution in [1.29, 1.82) is 5.41 Å². The Balaban J connectivity index is 1.95. The molecule has 1 aliphatic rings. The highest BCUT2D eigenvalue weighted by atomic mass is 32.2. The lowest BCUT2D eigenvalue weighted by Crippen LogP contribution is -2.58. The average Bonchev–Trinajstić information content (AvgIpc) is 2.57. The molecule has 0 aliphatic carbocycles. The molecule has 0 radical (unpaired) electrons. The van der Waals surface area contributed by atoms with Crippen LogP contribution in [0.2, 0.25) is 0 Å². The molecule has 1 aromatic rings. The molecule has 1 saturated heterocycles. The number of nitrogens with one attached hydrogen (secondary N) is 1. The zero-order chi connectivity index (χ0) is 20.1. The second-order valence-corrected chi connectivity index (χ2v) is 8.41. The van der Waals surface area contributed by atoms with Crippen LogP contribution in [0, 0.1) is 12.3 Å². The molecule has 1 aromatic carbocycles. The average molecular weight is 390 g/mol. The van der Waals surface area contributed by atoms with Crippen molar-refractivity contribution in [1.82, 2.24) is 4.90 Å². The molecule has 1 fully saturated rings. The summed E-state index contributed by atoms with van der Waals surface area (Å²) in [6.07, 6.45) is 0. The van der Waals surface area contributed by atoms with Gasteiger partial charge in [0, 0.05) is 47.9 Å². The van der Waals surface area contributed by atoms with Crippen LogP contribution < -0.4 is 4.90 Å². The molecule has 2 rings (SSSR count). The molecular weight excluding hydrogens is 358 g/mol. The Bertz CT molecular complexity index is 716. The summed E-state index contributed by atoms with van der Waals surface area (Å²) in [6.45, 7) is 11.1. The first kappa shape index (κ1) is 21.4. The summed E-state index contributed by atoms with van der Waals surface area (Å²) >= 11 is 1.46. The van der Waals surface area contributed by atoms with Crippen molar-refractivity contribution in [2.75, 3.05) is 29.5 Å². The Morgan fingerprint density at radius 3 is 2.37 bits per heavy atom. The fraction of sp³-hybridized carbons (Fsp3) is 0.524. The van der Waals surface area contributed by atoms with Gasteiger partial charge < -0.3 is 20.3 Å². The fourth-order valence-corrected chi connectivity index (χ4v) is 4.73. The van der Waals surface area contributed by atoms with Gasteiger partial charge in [-0.05, 0) is 52.3 Å². The van der Waals surface area contributed by atoms with E-state index in [4.69, 9.17) is 5.41 Å². The Labute approximate surface area is 166 Å². The van der Waals surface area contributed by atoms with E-state index in [9.17, 15) is 9.90 Å². The normalized spacial score (nSPS) is 21.1. The second kappa shape index (κ2) is 9.31. The van der Waals surface area contributed by atoms with Gasteiger partial charge in [-0.2, -0.15) is 0 Å². The number of thioether (sulfide) groups is 1. The number of allylic oxidation sites excluding steroid dienone is 1. The van der Waals surface area contributed by atoms with E-state index in [0.717, 1.165) is 0 Å². The number of carbonyl (C=O) groups is 1. The van der Waals surface area contributed by atoms with Crippen molar-refractivity contribution in [3.05, 3.63) is 41.2 Å². The number of hydrogen-bond acceptors (Lipinski definition) is 5. The molecule has 6 heteroatoms. The number of aryl methyl sites for hydroxylation is 1. The van der Waals surface area contributed by atoms with E-state index < -0.39 is 0 Å². The lowest BCUT2D eigenvalue weighted by molar-refractivity contribution is -0.129. The zero-order valence-electron chi connectivity index (χ0n) is 17.0. The van der Waals surface area contributed by atoms with Gasteiger partial charge in [0.25, 0.3) is 0 Å². The first-order chi connectivity index (χ1) is 12.7. The highest BCUT2D eigenvalue weighted by Gasteiger charge is 2.31. The van der Waals surface area contributed by atoms with Crippen molar-refractivity contribution in [2.24, 2.45) is 0 Å². The van der Waals surface area contributed by atoms with Crippen molar-refractivity contribution in [3.63, 3.8) is 0 Å². The summed E-state index contributed by atoms with van der Waals surface area (Å²) in [5, 5.41) is 17.4. The highest BCUT2D eigenvalue weighted by molar-refractivity contribution is 8.00. The van der Waals surface area contributed by atoms with Gasteiger partial charge in [-0.15, -0.1) is 11.8 Å². The van der Waals surface area contributed by atoms with Crippen LogP contribution in [-0.4, -0.2) is 58.3 Å². The Kier molecular flexibility index (Phi) is 7.36. The maximum Gasteiger partial charge on any atom is 0.232 e. The molecule has 27 heavy (non-hydrogen) atoms. The van der Waals surface area contributed by atoms with Gasteiger partial charge in [0.15, 0.2) is 0 Å². The van der Waals surface area contributed by atoms with Gasteiger partial charge in [0.1, 0.15) is 0 Å². The number of carbonyl (C=O) groups excluding carboxylic acids is 1. The van der Waals surface area contributed by atoms with Gasteiger partial charge in [0.2, 0.25) is 5.91 Å². The molecule has 0 aromatic heterocycles. The van der Waals surface area contributed by atoms with E-state index in [0.29, 0.717) is 35.9 Å². The van der Waals surface area contributed by atoms with Crippen LogP contribution in [0.15, 0.2) is 35.6 Å². The second-order valence-electron chi connectivity index (χ2n) is 7.42. The molecule has 1 heterocycles. The third-order valence-corrected chi connectivity index (χ3v) is 5.88. The van der Waals surface area contributed by atoms with Gasteiger partial charge in [-0.1, -0.05) is 12.1 Å². The van der Waals surface area contributed by atoms with E-state index in [1.807, 2.05) is 4.90 Å². The summed E-state index contributed by atoms with van der Waals surface area (Å²) in [5.41, 5.74) is 3.42. The Morgan fingerprint density at radius 1 is 1.22 bits per heavy atom. The minimum absolute atomic E-state index is 0.125. The molecule has 2 atom stereocenters. The summed E-state index contributed by atoms with van der Waals surface area (Å²) in [4.78, 5) is 17.0. The minimum Gasteiger partial charge on any atom is -0.512 e. The monoisotopic (exact) mass is 389 g/mol. The van der Waals surface area contributed by atoms with E-state index in [2.05, 4.69) is 49.9 Å². The maximum absolute atomic E-state index is 12.7. The number of benzene rings is 1. The number of piperazine rings is 1. The molecule has 148 valence electrons. The van der Waals surface area contributed by atoms with Crippen LogP contribution in [0.3, 0.4) is 0 Å². The van der Waals surface area contributed by atoms with Gasteiger partial charge in [0.05, 0.1) is 11.5 Å². The Morgan fingerprint density at radius 2 is 1.85 bits per heavy atom. The van der Waals surface area contributed by atoms with Crippen molar-refractivity contribution < 1.29 is 9.90 Å². The topological polar surface area (TPSA) is 67.6 Å². The third-order valence-electron chi connectivity index (χ3n) is 4.93. The molecule has 5 nitrogen and oxygen atoms in total. The number of nitrogens with zero attached hydrogens (tertiary/aromatic N) is 2. The number of aliphatic hydroxyl groups is 1. The predicted octanol–water partition coefficient (Wildman–Crippen LogP) is 4.03. The zero-order valence-corrected chi connectivity index (χ0v) is 17.8. The summed E-state index contributed by atoms with van der Waals surface area (Å²) in [5.74, 6) is 1.14.